The minimum absolute atomic E-state index is 0.0250. The van der Waals surface area contributed by atoms with E-state index in [9.17, 15) is 9.18 Å². The van der Waals surface area contributed by atoms with Crippen LogP contribution in [0.1, 0.15) is 37.0 Å². The van der Waals surface area contributed by atoms with Crippen molar-refractivity contribution in [3.63, 3.8) is 0 Å². The third-order valence-corrected chi connectivity index (χ3v) is 3.13. The van der Waals surface area contributed by atoms with Gasteiger partial charge in [-0.3, -0.25) is 4.79 Å². The van der Waals surface area contributed by atoms with Crippen LogP contribution < -0.4 is 10.5 Å². The van der Waals surface area contributed by atoms with Crippen LogP contribution in [0, 0.1) is 5.82 Å². The molecule has 0 aliphatic carbocycles. The van der Waals surface area contributed by atoms with Gasteiger partial charge < -0.3 is 10.5 Å². The third kappa shape index (κ3) is 2.64. The molecule has 1 rings (SSSR count). The van der Waals surface area contributed by atoms with E-state index in [4.69, 9.17) is 10.5 Å². The van der Waals surface area contributed by atoms with Crippen LogP contribution in [-0.2, 0) is 0 Å². The van der Waals surface area contributed by atoms with E-state index in [0.29, 0.717) is 18.6 Å². The molecule has 0 spiro atoms. The van der Waals surface area contributed by atoms with Crippen LogP contribution in [0.4, 0.5) is 4.39 Å². The Morgan fingerprint density at radius 1 is 1.41 bits per heavy atom. The number of hydrogen-bond acceptors (Lipinski definition) is 3. The molecule has 3 nitrogen and oxygen atoms in total. The first-order valence-corrected chi connectivity index (χ1v) is 5.65. The molecule has 2 N–H and O–H groups in total. The Morgan fingerprint density at radius 2 is 2.00 bits per heavy atom. The van der Waals surface area contributed by atoms with E-state index in [1.807, 2.05) is 13.8 Å². The summed E-state index contributed by atoms with van der Waals surface area (Å²) >= 11 is 0. The van der Waals surface area contributed by atoms with E-state index in [1.165, 1.54) is 19.2 Å². The van der Waals surface area contributed by atoms with Gasteiger partial charge in [0, 0.05) is 6.07 Å². The highest BCUT2D eigenvalue weighted by atomic mass is 19.1. The van der Waals surface area contributed by atoms with Gasteiger partial charge in [0.05, 0.1) is 18.2 Å². The van der Waals surface area contributed by atoms with Crippen molar-refractivity contribution in [3.8, 4) is 5.75 Å². The zero-order valence-electron chi connectivity index (χ0n) is 10.4. The zero-order valence-corrected chi connectivity index (χ0v) is 10.4. The molecule has 0 aromatic heterocycles. The number of Topliss-reactive ketones (excluding diaryl/α,β-unsaturated/α-hetero) is 1. The molecule has 1 aromatic rings. The molecule has 0 saturated carbocycles. The number of nitrogens with two attached hydrogens (primary N) is 1. The van der Waals surface area contributed by atoms with Gasteiger partial charge in [0.15, 0.2) is 5.78 Å². The first-order valence-electron chi connectivity index (χ1n) is 5.65. The maximum Gasteiger partial charge on any atom is 0.185 e. The lowest BCUT2D eigenvalue weighted by Crippen LogP contribution is -2.47. The molecule has 0 radical (unpaired) electrons. The highest BCUT2D eigenvalue weighted by Crippen LogP contribution is 2.23. The number of methoxy groups -OCH3 is 1. The Labute approximate surface area is 101 Å². The molecule has 4 heteroatoms. The fraction of sp³-hybridized carbons (Fsp3) is 0.462. The number of ketones is 1. The van der Waals surface area contributed by atoms with Crippen molar-refractivity contribution in [3.05, 3.63) is 29.6 Å². The molecule has 17 heavy (non-hydrogen) atoms. The van der Waals surface area contributed by atoms with E-state index in [1.54, 1.807) is 6.07 Å². The molecule has 94 valence electrons. The highest BCUT2D eigenvalue weighted by Gasteiger charge is 2.32. The normalized spacial score (nSPS) is 11.4. The number of hydrogen-bond donors (Lipinski definition) is 1. The quantitative estimate of drug-likeness (QED) is 0.803. The zero-order chi connectivity index (χ0) is 13.1. The van der Waals surface area contributed by atoms with E-state index in [-0.39, 0.29) is 11.3 Å². The predicted octanol–water partition coefficient (Wildman–Crippen LogP) is 2.53. The van der Waals surface area contributed by atoms with Crippen LogP contribution >= 0.6 is 0 Å². The Kier molecular flexibility index (Phi) is 4.23. The molecule has 0 aliphatic heterocycles. The minimum atomic E-state index is -0.991. The Bertz CT molecular complexity index is 414. The molecule has 1 aromatic carbocycles. The highest BCUT2D eigenvalue weighted by molar-refractivity contribution is 6.03. The van der Waals surface area contributed by atoms with Gasteiger partial charge in [-0.2, -0.15) is 0 Å². The maximum atomic E-state index is 13.7. The van der Waals surface area contributed by atoms with Crippen molar-refractivity contribution < 1.29 is 13.9 Å². The van der Waals surface area contributed by atoms with Gasteiger partial charge in [-0.25, -0.2) is 4.39 Å². The lowest BCUT2D eigenvalue weighted by atomic mass is 9.85. The van der Waals surface area contributed by atoms with Crippen molar-refractivity contribution in [1.29, 1.82) is 0 Å². The van der Waals surface area contributed by atoms with E-state index in [0.717, 1.165) is 0 Å². The van der Waals surface area contributed by atoms with Gasteiger partial charge in [0.2, 0.25) is 0 Å². The molecule has 0 unspecified atom stereocenters. The summed E-state index contributed by atoms with van der Waals surface area (Å²) in [5.41, 5.74) is 5.00. The van der Waals surface area contributed by atoms with Gasteiger partial charge in [0.1, 0.15) is 11.6 Å². The van der Waals surface area contributed by atoms with Gasteiger partial charge in [-0.1, -0.05) is 13.8 Å². The molecule has 0 amide bonds. The summed E-state index contributed by atoms with van der Waals surface area (Å²) in [7, 11) is 1.45. The fourth-order valence-corrected chi connectivity index (χ4v) is 1.65. The maximum absolute atomic E-state index is 13.7. The van der Waals surface area contributed by atoms with Crippen LogP contribution in [0.15, 0.2) is 18.2 Å². The molecule has 0 fully saturated rings. The lowest BCUT2D eigenvalue weighted by molar-refractivity contribution is 0.0875. The monoisotopic (exact) mass is 239 g/mol. The van der Waals surface area contributed by atoms with Crippen LogP contribution in [-0.4, -0.2) is 18.4 Å². The number of benzene rings is 1. The minimum Gasteiger partial charge on any atom is -0.497 e. The van der Waals surface area contributed by atoms with Crippen molar-refractivity contribution >= 4 is 5.78 Å². The molecule has 0 atom stereocenters. The standard InChI is InChI=1S/C13H18FNO2/c1-4-13(15,5-2)12(16)10-7-6-9(17-3)8-11(10)14/h6-8H,4-5,15H2,1-3H3. The number of rotatable bonds is 5. The van der Waals surface area contributed by atoms with Crippen LogP contribution in [0.3, 0.4) is 0 Å². The molecule has 0 bridgehead atoms. The Balaban J connectivity index is 3.13. The summed E-state index contributed by atoms with van der Waals surface area (Å²) in [6, 6.07) is 4.17. The van der Waals surface area contributed by atoms with Gasteiger partial charge in [-0.05, 0) is 25.0 Å². The van der Waals surface area contributed by atoms with Crippen molar-refractivity contribution in [2.45, 2.75) is 32.2 Å². The van der Waals surface area contributed by atoms with Gasteiger partial charge in [0.25, 0.3) is 0 Å². The van der Waals surface area contributed by atoms with E-state index < -0.39 is 11.4 Å². The molecule has 0 aliphatic rings. The predicted molar refractivity (Wildman–Crippen MR) is 64.8 cm³/mol. The smallest absolute Gasteiger partial charge is 0.185 e. The number of halogens is 1. The Hall–Kier alpha value is -1.42. The van der Waals surface area contributed by atoms with E-state index in [2.05, 4.69) is 0 Å². The number of ether oxygens (including phenoxy) is 1. The summed E-state index contributed by atoms with van der Waals surface area (Å²) in [4.78, 5) is 12.1. The molecular formula is C13H18FNO2. The van der Waals surface area contributed by atoms with Crippen LogP contribution in [0.5, 0.6) is 5.75 Å². The second kappa shape index (κ2) is 5.27. The topological polar surface area (TPSA) is 52.3 Å². The average molecular weight is 239 g/mol. The number of carbonyl (C=O) groups excluding carboxylic acids is 1. The second-order valence-electron chi connectivity index (χ2n) is 4.04. The van der Waals surface area contributed by atoms with Crippen LogP contribution in [0.25, 0.3) is 0 Å². The van der Waals surface area contributed by atoms with Gasteiger partial charge in [-0.15, -0.1) is 0 Å². The summed E-state index contributed by atoms with van der Waals surface area (Å²) in [5.74, 6) is -0.566. The van der Waals surface area contributed by atoms with Crippen molar-refractivity contribution in [2.24, 2.45) is 5.73 Å². The molecule has 0 heterocycles. The molecule has 0 saturated heterocycles. The first kappa shape index (κ1) is 13.6. The summed E-state index contributed by atoms with van der Waals surface area (Å²) in [6.45, 7) is 3.64. The third-order valence-electron chi connectivity index (χ3n) is 3.13. The SMILES string of the molecule is CCC(N)(CC)C(=O)c1ccc(OC)cc1F. The second-order valence-corrected chi connectivity index (χ2v) is 4.04. The van der Waals surface area contributed by atoms with Crippen molar-refractivity contribution in [2.75, 3.05) is 7.11 Å². The summed E-state index contributed by atoms with van der Waals surface area (Å²) < 4.78 is 18.6. The fourth-order valence-electron chi connectivity index (χ4n) is 1.65. The van der Waals surface area contributed by atoms with Gasteiger partial charge >= 0.3 is 0 Å². The summed E-state index contributed by atoms with van der Waals surface area (Å²) in [5, 5.41) is 0. The van der Waals surface area contributed by atoms with Crippen molar-refractivity contribution in [1.82, 2.24) is 0 Å². The first-order chi connectivity index (χ1) is 7.98. The Morgan fingerprint density at radius 3 is 2.41 bits per heavy atom. The summed E-state index contributed by atoms with van der Waals surface area (Å²) in [6.07, 6.45) is 0.960. The van der Waals surface area contributed by atoms with Crippen LogP contribution in [0.2, 0.25) is 0 Å². The largest absolute Gasteiger partial charge is 0.497 e. The van der Waals surface area contributed by atoms with E-state index >= 15 is 0 Å². The molecular weight excluding hydrogens is 221 g/mol. The average Bonchev–Trinajstić information content (AvgIpc) is 2.36. The lowest BCUT2D eigenvalue weighted by Gasteiger charge is -2.25. The number of carbonyl (C=O) groups is 1.